The van der Waals surface area contributed by atoms with Gasteiger partial charge in [0.2, 0.25) is 0 Å². The van der Waals surface area contributed by atoms with Gasteiger partial charge in [-0.3, -0.25) is 0 Å². The zero-order valence-electron chi connectivity index (χ0n) is 12.1. The highest BCUT2D eigenvalue weighted by atomic mass is 79.9. The maximum atomic E-state index is 3.91. The lowest BCUT2D eigenvalue weighted by atomic mass is 9.74. The molecule has 0 bridgehead atoms. The molecule has 0 aromatic heterocycles. The van der Waals surface area contributed by atoms with Gasteiger partial charge in [-0.2, -0.15) is 0 Å². The van der Waals surface area contributed by atoms with Crippen LogP contribution in [0, 0.1) is 5.92 Å². The second-order valence-electron chi connectivity index (χ2n) is 6.25. The monoisotopic (exact) mass is 328 g/mol. The fraction of sp³-hybridized carbons (Fsp3) is 0.368. The third-order valence-electron chi connectivity index (χ3n) is 4.19. The van der Waals surface area contributed by atoms with E-state index in [4.69, 9.17) is 0 Å². The van der Waals surface area contributed by atoms with Crippen molar-refractivity contribution in [3.8, 4) is 0 Å². The van der Waals surface area contributed by atoms with Crippen LogP contribution < -0.4 is 0 Å². The van der Waals surface area contributed by atoms with Crippen molar-refractivity contribution in [3.05, 3.63) is 70.8 Å². The van der Waals surface area contributed by atoms with Gasteiger partial charge in [0.15, 0.2) is 0 Å². The first-order valence-corrected chi connectivity index (χ1v) is 8.37. The molecule has 0 nitrogen and oxygen atoms in total. The molecule has 1 heteroatoms. The molecular weight excluding hydrogens is 308 g/mol. The fourth-order valence-corrected chi connectivity index (χ4v) is 3.88. The summed E-state index contributed by atoms with van der Waals surface area (Å²) in [5, 5.41) is 0. The van der Waals surface area contributed by atoms with E-state index in [0.717, 1.165) is 5.92 Å². The van der Waals surface area contributed by atoms with Crippen molar-refractivity contribution >= 4 is 15.9 Å². The van der Waals surface area contributed by atoms with Crippen LogP contribution in [0.3, 0.4) is 0 Å². The van der Waals surface area contributed by atoms with Crippen molar-refractivity contribution in [2.24, 2.45) is 5.92 Å². The molecule has 0 fully saturated rings. The minimum Gasteiger partial charge on any atom is -0.0832 e. The number of halogens is 1. The van der Waals surface area contributed by atoms with E-state index >= 15 is 0 Å². The zero-order chi connectivity index (χ0) is 14.1. The lowest BCUT2D eigenvalue weighted by Crippen LogP contribution is -2.20. The van der Waals surface area contributed by atoms with Gasteiger partial charge in [-0.25, -0.2) is 0 Å². The first-order chi connectivity index (χ1) is 9.65. The van der Waals surface area contributed by atoms with Crippen LogP contribution in [-0.2, 0) is 12.8 Å². The van der Waals surface area contributed by atoms with E-state index in [1.165, 1.54) is 35.1 Å². The molecule has 0 amide bonds. The highest BCUT2D eigenvalue weighted by Gasteiger charge is 2.31. The van der Waals surface area contributed by atoms with E-state index in [1.807, 2.05) is 0 Å². The van der Waals surface area contributed by atoms with E-state index in [-0.39, 0.29) is 0 Å². The van der Waals surface area contributed by atoms with Gasteiger partial charge in [0.25, 0.3) is 0 Å². The number of hydrogen-bond donors (Lipinski definition) is 0. The average Bonchev–Trinajstić information content (AvgIpc) is 2.40. The quantitative estimate of drug-likeness (QED) is 0.635. The van der Waals surface area contributed by atoms with Crippen LogP contribution in [0.4, 0.5) is 0 Å². The van der Waals surface area contributed by atoms with Crippen molar-refractivity contribution in [3.63, 3.8) is 0 Å². The van der Waals surface area contributed by atoms with Crippen LogP contribution in [0.1, 0.15) is 46.8 Å². The summed E-state index contributed by atoms with van der Waals surface area (Å²) in [4.78, 5) is 0.436. The topological polar surface area (TPSA) is 0 Å². The SMILES string of the molecule is CC(C)Cc1ccc(C(Br)C2Cc3ccccc32)cc1. The molecule has 104 valence electrons. The molecule has 0 saturated carbocycles. The van der Waals surface area contributed by atoms with E-state index in [1.54, 1.807) is 0 Å². The minimum absolute atomic E-state index is 0.436. The Kier molecular flexibility index (Phi) is 3.98. The molecule has 0 aliphatic heterocycles. The summed E-state index contributed by atoms with van der Waals surface area (Å²) >= 11 is 3.91. The zero-order valence-corrected chi connectivity index (χ0v) is 13.7. The van der Waals surface area contributed by atoms with E-state index < -0.39 is 0 Å². The van der Waals surface area contributed by atoms with Crippen LogP contribution in [0.15, 0.2) is 48.5 Å². The summed E-state index contributed by atoms with van der Waals surface area (Å²) < 4.78 is 0. The molecule has 0 saturated heterocycles. The smallest absolute Gasteiger partial charge is 0.0467 e. The Bertz CT molecular complexity index is 583. The van der Waals surface area contributed by atoms with Gasteiger partial charge in [-0.15, -0.1) is 0 Å². The summed E-state index contributed by atoms with van der Waals surface area (Å²) in [5.74, 6) is 1.35. The molecule has 2 atom stereocenters. The van der Waals surface area contributed by atoms with Crippen molar-refractivity contribution in [2.75, 3.05) is 0 Å². The summed E-state index contributed by atoms with van der Waals surface area (Å²) in [6.45, 7) is 4.54. The maximum Gasteiger partial charge on any atom is 0.0467 e. The number of hydrogen-bond acceptors (Lipinski definition) is 0. The third-order valence-corrected chi connectivity index (χ3v) is 5.36. The largest absolute Gasteiger partial charge is 0.0832 e. The average molecular weight is 329 g/mol. The Labute approximate surface area is 130 Å². The van der Waals surface area contributed by atoms with Crippen LogP contribution in [0.25, 0.3) is 0 Å². The molecule has 1 aliphatic carbocycles. The van der Waals surface area contributed by atoms with Crippen LogP contribution in [-0.4, -0.2) is 0 Å². The van der Waals surface area contributed by atoms with Gasteiger partial charge in [-0.05, 0) is 41.0 Å². The molecule has 2 unspecified atom stereocenters. The molecule has 0 radical (unpaired) electrons. The highest BCUT2D eigenvalue weighted by molar-refractivity contribution is 9.09. The van der Waals surface area contributed by atoms with Gasteiger partial charge >= 0.3 is 0 Å². The van der Waals surface area contributed by atoms with Crippen molar-refractivity contribution in [1.82, 2.24) is 0 Å². The first kappa shape index (κ1) is 13.9. The molecule has 0 N–H and O–H groups in total. The van der Waals surface area contributed by atoms with Gasteiger partial charge in [0, 0.05) is 10.7 Å². The lowest BCUT2D eigenvalue weighted by Gasteiger charge is -2.34. The van der Waals surface area contributed by atoms with Crippen LogP contribution in [0.5, 0.6) is 0 Å². The normalized spacial score (nSPS) is 18.5. The van der Waals surface area contributed by atoms with Crippen molar-refractivity contribution < 1.29 is 0 Å². The van der Waals surface area contributed by atoms with Crippen LogP contribution >= 0.6 is 15.9 Å². The third kappa shape index (κ3) is 2.69. The Hall–Kier alpha value is -1.08. The Morgan fingerprint density at radius 3 is 2.40 bits per heavy atom. The number of rotatable bonds is 4. The van der Waals surface area contributed by atoms with Crippen molar-refractivity contribution in [2.45, 2.75) is 37.4 Å². The molecule has 2 aromatic carbocycles. The summed E-state index contributed by atoms with van der Waals surface area (Å²) in [5.41, 5.74) is 5.87. The first-order valence-electron chi connectivity index (χ1n) is 7.46. The molecule has 2 aromatic rings. The highest BCUT2D eigenvalue weighted by Crippen LogP contribution is 2.47. The van der Waals surface area contributed by atoms with Gasteiger partial charge < -0.3 is 0 Å². The molecule has 3 rings (SSSR count). The summed E-state index contributed by atoms with van der Waals surface area (Å²) in [6.07, 6.45) is 2.36. The van der Waals surface area contributed by atoms with Gasteiger partial charge in [0.05, 0.1) is 0 Å². The molecule has 0 spiro atoms. The molecule has 20 heavy (non-hydrogen) atoms. The van der Waals surface area contributed by atoms with Gasteiger partial charge in [-0.1, -0.05) is 78.3 Å². The predicted octanol–water partition coefficient (Wildman–Crippen LogP) is 5.66. The number of alkyl halides is 1. The fourth-order valence-electron chi connectivity index (χ4n) is 3.10. The summed E-state index contributed by atoms with van der Waals surface area (Å²) in [7, 11) is 0. The second kappa shape index (κ2) is 5.73. The van der Waals surface area contributed by atoms with E-state index in [2.05, 4.69) is 78.3 Å². The Morgan fingerprint density at radius 2 is 1.75 bits per heavy atom. The summed E-state index contributed by atoms with van der Waals surface area (Å²) in [6, 6.07) is 18.0. The lowest BCUT2D eigenvalue weighted by molar-refractivity contribution is 0.599. The van der Waals surface area contributed by atoms with E-state index in [0.29, 0.717) is 10.7 Å². The molecule has 0 heterocycles. The second-order valence-corrected chi connectivity index (χ2v) is 7.24. The Balaban J connectivity index is 1.74. The van der Waals surface area contributed by atoms with Crippen molar-refractivity contribution in [1.29, 1.82) is 0 Å². The van der Waals surface area contributed by atoms with Gasteiger partial charge in [0.1, 0.15) is 0 Å². The minimum atomic E-state index is 0.436. The standard InChI is InChI=1S/C19H21Br/c1-13(2)11-14-7-9-15(10-8-14)19(20)18-12-16-5-3-4-6-17(16)18/h3-10,13,18-19H,11-12H2,1-2H3. The van der Waals surface area contributed by atoms with Crippen LogP contribution in [0.2, 0.25) is 0 Å². The predicted molar refractivity (Wildman–Crippen MR) is 89.5 cm³/mol. The Morgan fingerprint density at radius 1 is 1.05 bits per heavy atom. The molecule has 1 aliphatic rings. The molecular formula is C19H21Br. The number of benzene rings is 2. The maximum absolute atomic E-state index is 3.91. The van der Waals surface area contributed by atoms with E-state index in [9.17, 15) is 0 Å². The number of fused-ring (bicyclic) bond motifs is 1.